The minimum atomic E-state index is -0.00914. The Morgan fingerprint density at radius 1 is 0.587 bits per heavy atom. The second-order valence-corrected chi connectivity index (χ2v) is 17.8. The number of aromatic hydroxyl groups is 1. The Kier molecular flexibility index (Phi) is 11.0. The van der Waals surface area contributed by atoms with Gasteiger partial charge < -0.3 is 5.11 Å². The van der Waals surface area contributed by atoms with Crippen molar-refractivity contribution in [2.75, 3.05) is 0 Å². The standard InChI is InChI=1S/C58H48N3O.Pt/c1-36(2)38-18-20-40(21-19-38)45-32-50-37(3)28-29-59-55(50)51(33-45)43-14-11-15-44(31-43)52-34-46(42-23-22-39-12-7-8-13-41(39)30-42)35-53-56(52)60-57(49-16-9-10-17-54(49)62)61(53)48-26-24-47(25-27-48)58(4,5)6;/h7-30,32-36,62H,1-6H3;/q-1;. The van der Waals surface area contributed by atoms with Gasteiger partial charge in [0.05, 0.1) is 16.6 Å². The summed E-state index contributed by atoms with van der Waals surface area (Å²) in [5.74, 6) is 1.30. The van der Waals surface area contributed by atoms with Crippen LogP contribution in [0.15, 0.2) is 170 Å². The maximum atomic E-state index is 11.4. The third-order valence-electron chi connectivity index (χ3n) is 12.3. The first-order chi connectivity index (χ1) is 30.0. The van der Waals surface area contributed by atoms with E-state index >= 15 is 0 Å². The molecule has 0 unspecified atom stereocenters. The number of fused-ring (bicyclic) bond motifs is 3. The number of rotatable bonds is 7. The van der Waals surface area contributed by atoms with Gasteiger partial charge in [-0.05, 0) is 122 Å². The zero-order chi connectivity index (χ0) is 42.7. The second-order valence-electron chi connectivity index (χ2n) is 17.8. The molecule has 0 saturated heterocycles. The molecule has 2 heterocycles. The van der Waals surface area contributed by atoms with E-state index in [1.165, 1.54) is 33.0 Å². The van der Waals surface area contributed by atoms with Gasteiger partial charge in [0.1, 0.15) is 11.6 Å². The summed E-state index contributed by atoms with van der Waals surface area (Å²) in [4.78, 5) is 10.4. The Hall–Kier alpha value is -6.61. The van der Waals surface area contributed by atoms with Gasteiger partial charge in [-0.25, -0.2) is 4.98 Å². The second kappa shape index (κ2) is 16.6. The number of para-hydroxylation sites is 1. The molecule has 0 amide bonds. The van der Waals surface area contributed by atoms with Crippen molar-refractivity contribution in [1.29, 1.82) is 0 Å². The fourth-order valence-electron chi connectivity index (χ4n) is 8.74. The number of nitrogens with zero attached hydrogens (tertiary/aromatic N) is 3. The summed E-state index contributed by atoms with van der Waals surface area (Å²) in [5.41, 5.74) is 16.4. The smallest absolute Gasteiger partial charge is 0.148 e. The summed E-state index contributed by atoms with van der Waals surface area (Å²) >= 11 is 0. The van der Waals surface area contributed by atoms with E-state index in [9.17, 15) is 5.11 Å². The van der Waals surface area contributed by atoms with E-state index in [4.69, 9.17) is 9.97 Å². The molecule has 0 aliphatic heterocycles. The SMILES string of the molecule is Cc1ccnc2c(-c3[c-]c(-c4cc(-c5ccc6ccccc6c5)cc5c4nc(-c4ccccc4O)n5-c4ccc(C(C)(C)C)cc4)ccc3)cc(-c3ccc(C(C)C)cc3)cc12.[Pt]. The molecule has 2 aromatic heterocycles. The molecular weight excluding hydrogens is 950 g/mol. The van der Waals surface area contributed by atoms with Gasteiger partial charge in [0.15, 0.2) is 0 Å². The monoisotopic (exact) mass is 997 g/mol. The summed E-state index contributed by atoms with van der Waals surface area (Å²) in [7, 11) is 0. The Bertz CT molecular complexity index is 3320. The molecule has 0 aliphatic rings. The molecule has 5 heteroatoms. The number of hydrogen-bond donors (Lipinski definition) is 1. The van der Waals surface area contributed by atoms with Crippen LogP contribution in [0.3, 0.4) is 0 Å². The summed E-state index contributed by atoms with van der Waals surface area (Å²) in [6.45, 7) is 13.3. The van der Waals surface area contributed by atoms with E-state index in [2.05, 4.69) is 192 Å². The molecule has 312 valence electrons. The normalized spacial score (nSPS) is 11.7. The Labute approximate surface area is 384 Å². The zero-order valence-electron chi connectivity index (χ0n) is 36.3. The zero-order valence-corrected chi connectivity index (χ0v) is 38.6. The van der Waals surface area contributed by atoms with Crippen LogP contribution in [0.4, 0.5) is 0 Å². The molecular formula is C58H48N3OPt-. The van der Waals surface area contributed by atoms with Gasteiger partial charge in [-0.1, -0.05) is 143 Å². The van der Waals surface area contributed by atoms with Crippen LogP contribution < -0.4 is 0 Å². The van der Waals surface area contributed by atoms with Gasteiger partial charge in [-0.15, -0.1) is 35.4 Å². The molecule has 0 aliphatic carbocycles. The van der Waals surface area contributed by atoms with Crippen molar-refractivity contribution in [2.24, 2.45) is 0 Å². The van der Waals surface area contributed by atoms with E-state index in [-0.39, 0.29) is 32.2 Å². The Balaban J connectivity index is 0.00000504. The van der Waals surface area contributed by atoms with Gasteiger partial charge in [0.2, 0.25) is 0 Å². The van der Waals surface area contributed by atoms with E-state index in [0.717, 1.165) is 66.6 Å². The van der Waals surface area contributed by atoms with Crippen molar-refractivity contribution in [3.8, 4) is 67.3 Å². The molecule has 0 fully saturated rings. The van der Waals surface area contributed by atoms with E-state index in [1.54, 1.807) is 6.07 Å². The molecule has 0 spiro atoms. The van der Waals surface area contributed by atoms with Crippen molar-refractivity contribution in [3.63, 3.8) is 0 Å². The van der Waals surface area contributed by atoms with Gasteiger partial charge in [0, 0.05) is 38.5 Å². The maximum absolute atomic E-state index is 11.4. The molecule has 0 bridgehead atoms. The van der Waals surface area contributed by atoms with Crippen LogP contribution >= 0.6 is 0 Å². The third kappa shape index (κ3) is 7.79. The van der Waals surface area contributed by atoms with Gasteiger partial charge >= 0.3 is 0 Å². The fraction of sp³-hybridized carbons (Fsp3) is 0.138. The van der Waals surface area contributed by atoms with Crippen LogP contribution in [0.25, 0.3) is 94.3 Å². The fourth-order valence-corrected chi connectivity index (χ4v) is 8.74. The molecule has 0 atom stereocenters. The first-order valence-corrected chi connectivity index (χ1v) is 21.5. The van der Waals surface area contributed by atoms with Crippen molar-refractivity contribution in [1.82, 2.24) is 14.5 Å². The number of phenolic OH excluding ortho intramolecular Hbond substituents is 1. The first-order valence-electron chi connectivity index (χ1n) is 21.5. The Morgan fingerprint density at radius 3 is 1.94 bits per heavy atom. The van der Waals surface area contributed by atoms with Gasteiger partial charge in [-0.3, -0.25) is 9.55 Å². The van der Waals surface area contributed by atoms with Crippen molar-refractivity contribution in [2.45, 2.75) is 52.9 Å². The van der Waals surface area contributed by atoms with E-state index in [0.29, 0.717) is 17.3 Å². The summed E-state index contributed by atoms with van der Waals surface area (Å²) in [5, 5.41) is 14.9. The number of hydrogen-bond acceptors (Lipinski definition) is 3. The largest absolute Gasteiger partial charge is 0.507 e. The first kappa shape index (κ1) is 41.7. The molecule has 10 aromatic rings. The van der Waals surface area contributed by atoms with Crippen LogP contribution in [-0.4, -0.2) is 19.6 Å². The average Bonchev–Trinajstić information content (AvgIpc) is 3.67. The predicted octanol–water partition coefficient (Wildman–Crippen LogP) is 15.3. The summed E-state index contributed by atoms with van der Waals surface area (Å²) in [6.07, 6.45) is 1.90. The van der Waals surface area contributed by atoms with Gasteiger partial charge in [-0.2, -0.15) is 0 Å². The quantitative estimate of drug-likeness (QED) is 0.162. The molecule has 10 rings (SSSR count). The number of aromatic nitrogens is 3. The summed E-state index contributed by atoms with van der Waals surface area (Å²) in [6, 6.07) is 61.7. The van der Waals surface area contributed by atoms with Crippen molar-refractivity contribution >= 4 is 32.7 Å². The number of pyridine rings is 1. The molecule has 8 aromatic carbocycles. The van der Waals surface area contributed by atoms with E-state index < -0.39 is 0 Å². The topological polar surface area (TPSA) is 50.9 Å². The van der Waals surface area contributed by atoms with Crippen molar-refractivity contribution in [3.05, 3.63) is 193 Å². The average molecular weight is 998 g/mol. The van der Waals surface area contributed by atoms with Crippen molar-refractivity contribution < 1.29 is 26.2 Å². The third-order valence-corrected chi connectivity index (χ3v) is 12.3. The van der Waals surface area contributed by atoms with E-state index in [1.807, 2.05) is 24.4 Å². The van der Waals surface area contributed by atoms with Crippen LogP contribution in [0.1, 0.15) is 57.2 Å². The molecule has 1 N–H and O–H groups in total. The minimum Gasteiger partial charge on any atom is -0.507 e. The number of aryl methyl sites for hydroxylation is 1. The molecule has 4 nitrogen and oxygen atoms in total. The van der Waals surface area contributed by atoms with Crippen LogP contribution in [0.5, 0.6) is 5.75 Å². The maximum Gasteiger partial charge on any atom is 0.148 e. The number of imidazole rings is 1. The van der Waals surface area contributed by atoms with Crippen LogP contribution in [-0.2, 0) is 26.5 Å². The minimum absolute atomic E-state index is 0. The molecule has 0 radical (unpaired) electrons. The number of phenols is 1. The van der Waals surface area contributed by atoms with Gasteiger partial charge in [0.25, 0.3) is 0 Å². The van der Waals surface area contributed by atoms with Crippen LogP contribution in [0, 0.1) is 13.0 Å². The molecule has 63 heavy (non-hydrogen) atoms. The molecule has 0 saturated carbocycles. The predicted molar refractivity (Wildman–Crippen MR) is 259 cm³/mol. The Morgan fingerprint density at radius 2 is 1.24 bits per heavy atom. The summed E-state index contributed by atoms with van der Waals surface area (Å²) < 4.78 is 2.20. The van der Waals surface area contributed by atoms with Crippen LogP contribution in [0.2, 0.25) is 0 Å². The number of benzene rings is 8.